The lowest BCUT2D eigenvalue weighted by atomic mass is 9.93. The Bertz CT molecular complexity index is 1510. The largest absolute Gasteiger partial charge is 0.451 e. The summed E-state index contributed by atoms with van der Waals surface area (Å²) in [6.45, 7) is 1.69. The Kier molecular flexibility index (Phi) is 11.6. The van der Waals surface area contributed by atoms with Gasteiger partial charge in [0.15, 0.2) is 0 Å². The number of benzene rings is 1. The van der Waals surface area contributed by atoms with Crippen LogP contribution in [0.4, 0.5) is 29.6 Å². The molecule has 17 heteroatoms. The molecule has 0 bridgehead atoms. The van der Waals surface area contributed by atoms with Gasteiger partial charge >= 0.3 is 12.2 Å². The average Bonchev–Trinajstić information content (AvgIpc) is 3.51. The molecule has 4 N–H and O–H groups in total. The van der Waals surface area contributed by atoms with E-state index in [-0.39, 0.29) is 30.0 Å². The van der Waals surface area contributed by atoms with E-state index >= 15 is 0 Å². The van der Waals surface area contributed by atoms with Crippen molar-refractivity contribution in [2.24, 2.45) is 5.92 Å². The number of aromatic nitrogens is 2. The molecule has 2 saturated heterocycles. The molecule has 1 atom stereocenters. The monoisotopic (exact) mass is 666 g/mol. The number of hydrogen-bond acceptors (Lipinski definition) is 9. The zero-order chi connectivity index (χ0) is 33.3. The number of rotatable bonds is 12. The minimum atomic E-state index is -4.78. The number of hydrogen-bond donors (Lipinski definition) is 4. The van der Waals surface area contributed by atoms with Gasteiger partial charge in [0.1, 0.15) is 17.7 Å². The Balaban J connectivity index is 1.33. The summed E-state index contributed by atoms with van der Waals surface area (Å²) in [5.41, 5.74) is 1.48. The highest BCUT2D eigenvalue weighted by atomic mass is 32.2. The molecule has 2 aliphatic heterocycles. The maximum absolute atomic E-state index is 13.9. The SMILES string of the molecule is N#Cc1ccc(CCNC(=O)[C@@H]2CCCN2c2cc(N3CCC(CCNC(=O)NCCS(=O)(=O)O)CC3)nc(C(F)(F)F)n2)cc1. The van der Waals surface area contributed by atoms with Crippen molar-refractivity contribution in [2.45, 2.75) is 50.7 Å². The van der Waals surface area contributed by atoms with Crippen LogP contribution >= 0.6 is 0 Å². The predicted molar refractivity (Wildman–Crippen MR) is 163 cm³/mol. The number of amides is 3. The number of carbonyl (C=O) groups excluding carboxylic acids is 2. The molecule has 2 aromatic rings. The van der Waals surface area contributed by atoms with Crippen LogP contribution in [0.3, 0.4) is 0 Å². The van der Waals surface area contributed by atoms with Crippen LogP contribution in [0.1, 0.15) is 49.1 Å². The molecular weight excluding hydrogens is 629 g/mol. The minimum absolute atomic E-state index is 0.0494. The Labute approximate surface area is 265 Å². The van der Waals surface area contributed by atoms with Crippen molar-refractivity contribution in [1.82, 2.24) is 25.9 Å². The van der Waals surface area contributed by atoms with Gasteiger partial charge in [-0.2, -0.15) is 26.9 Å². The maximum atomic E-state index is 13.9. The first-order chi connectivity index (χ1) is 21.8. The molecule has 0 unspecified atom stereocenters. The van der Waals surface area contributed by atoms with Gasteiger partial charge in [-0.1, -0.05) is 12.1 Å². The molecule has 0 spiro atoms. The van der Waals surface area contributed by atoms with Crippen molar-refractivity contribution in [3.05, 3.63) is 47.3 Å². The van der Waals surface area contributed by atoms with Crippen molar-refractivity contribution < 1.29 is 35.7 Å². The average molecular weight is 667 g/mol. The van der Waals surface area contributed by atoms with Crippen molar-refractivity contribution in [1.29, 1.82) is 5.26 Å². The van der Waals surface area contributed by atoms with Crippen LogP contribution in [0.15, 0.2) is 30.3 Å². The molecule has 250 valence electrons. The molecule has 46 heavy (non-hydrogen) atoms. The van der Waals surface area contributed by atoms with E-state index in [0.29, 0.717) is 76.8 Å². The molecular formula is C29H37F3N8O5S. The quantitative estimate of drug-likeness (QED) is 0.246. The number of carbonyl (C=O) groups is 2. The zero-order valence-corrected chi connectivity index (χ0v) is 25.9. The molecule has 13 nitrogen and oxygen atoms in total. The summed E-state index contributed by atoms with van der Waals surface area (Å²) in [5, 5.41) is 16.8. The second-order valence-corrected chi connectivity index (χ2v) is 12.9. The van der Waals surface area contributed by atoms with E-state index in [9.17, 15) is 31.2 Å². The number of nitrogens with one attached hydrogen (secondary N) is 3. The van der Waals surface area contributed by atoms with E-state index in [1.165, 1.54) is 6.07 Å². The van der Waals surface area contributed by atoms with Crippen molar-refractivity contribution in [3.8, 4) is 6.07 Å². The number of halogens is 3. The molecule has 0 saturated carbocycles. The molecule has 0 radical (unpaired) electrons. The van der Waals surface area contributed by atoms with E-state index in [2.05, 4.69) is 32.0 Å². The summed E-state index contributed by atoms with van der Waals surface area (Å²) in [7, 11) is -4.17. The van der Waals surface area contributed by atoms with Gasteiger partial charge in [-0.15, -0.1) is 0 Å². The van der Waals surface area contributed by atoms with Gasteiger partial charge in [0.2, 0.25) is 11.7 Å². The summed E-state index contributed by atoms with van der Waals surface area (Å²) in [6, 6.07) is 9.35. The van der Waals surface area contributed by atoms with Gasteiger partial charge in [0.25, 0.3) is 10.1 Å². The van der Waals surface area contributed by atoms with Crippen LogP contribution < -0.4 is 25.8 Å². The van der Waals surface area contributed by atoms with Crippen LogP contribution in [-0.4, -0.2) is 85.9 Å². The smallest absolute Gasteiger partial charge is 0.356 e. The van der Waals surface area contributed by atoms with Crippen LogP contribution in [0, 0.1) is 17.2 Å². The summed E-state index contributed by atoms with van der Waals surface area (Å²) < 4.78 is 71.9. The highest BCUT2D eigenvalue weighted by Crippen LogP contribution is 2.34. The zero-order valence-electron chi connectivity index (χ0n) is 25.1. The number of alkyl halides is 3. The van der Waals surface area contributed by atoms with E-state index in [4.69, 9.17) is 9.81 Å². The van der Waals surface area contributed by atoms with Gasteiger partial charge < -0.3 is 25.8 Å². The first-order valence-electron chi connectivity index (χ1n) is 15.0. The van der Waals surface area contributed by atoms with Gasteiger partial charge in [-0.05, 0) is 62.1 Å². The number of urea groups is 1. The third-order valence-electron chi connectivity index (χ3n) is 8.02. The highest BCUT2D eigenvalue weighted by Gasteiger charge is 2.39. The standard InChI is InChI=1S/C29H37F3N8O5S/c30-29(31,32)27-37-24(39-15-9-21(10-16-39)8-12-35-28(42)36-13-17-46(43,44)45)18-25(38-27)40-14-1-2-23(40)26(41)34-11-7-20-3-5-22(19-33)6-4-20/h3-6,18,21,23H,1-2,7-17H2,(H,34,41)(H2,35,36,42)(H,43,44,45)/t23-/m0/s1. The molecule has 2 aliphatic rings. The molecule has 1 aromatic heterocycles. The number of nitrogens with zero attached hydrogens (tertiary/aromatic N) is 5. The Morgan fingerprint density at radius 1 is 0.978 bits per heavy atom. The van der Waals surface area contributed by atoms with Gasteiger partial charge in [0.05, 0.1) is 17.4 Å². The fraction of sp³-hybridized carbons (Fsp3) is 0.552. The topological polar surface area (TPSA) is 181 Å². The molecule has 2 fully saturated rings. The lowest BCUT2D eigenvalue weighted by Gasteiger charge is -2.34. The summed E-state index contributed by atoms with van der Waals surface area (Å²) in [6.07, 6.45) is -1.22. The summed E-state index contributed by atoms with van der Waals surface area (Å²) in [4.78, 5) is 36.0. The Morgan fingerprint density at radius 2 is 1.65 bits per heavy atom. The van der Waals surface area contributed by atoms with Crippen LogP contribution in [-0.2, 0) is 27.5 Å². The van der Waals surface area contributed by atoms with Crippen molar-refractivity contribution >= 4 is 33.7 Å². The molecule has 4 rings (SSSR count). The fourth-order valence-electron chi connectivity index (χ4n) is 5.56. The Morgan fingerprint density at radius 3 is 2.30 bits per heavy atom. The maximum Gasteiger partial charge on any atom is 0.451 e. The number of nitriles is 1. The lowest BCUT2D eigenvalue weighted by Crippen LogP contribution is -2.44. The first kappa shape index (κ1) is 34.7. The van der Waals surface area contributed by atoms with Gasteiger partial charge in [-0.25, -0.2) is 14.8 Å². The van der Waals surface area contributed by atoms with Crippen molar-refractivity contribution in [3.63, 3.8) is 0 Å². The Hall–Kier alpha value is -4.17. The lowest BCUT2D eigenvalue weighted by molar-refractivity contribution is -0.144. The summed E-state index contributed by atoms with van der Waals surface area (Å²) >= 11 is 0. The van der Waals surface area contributed by atoms with Crippen LogP contribution in [0.2, 0.25) is 0 Å². The minimum Gasteiger partial charge on any atom is -0.356 e. The predicted octanol–water partition coefficient (Wildman–Crippen LogP) is 2.49. The van der Waals surface area contributed by atoms with Crippen molar-refractivity contribution in [2.75, 3.05) is 54.8 Å². The van der Waals surface area contributed by atoms with Crippen LogP contribution in [0.25, 0.3) is 0 Å². The molecule has 3 amide bonds. The normalized spacial score (nSPS) is 17.4. The molecule has 3 heterocycles. The third kappa shape index (κ3) is 10.2. The number of piperidine rings is 1. The fourth-order valence-corrected chi connectivity index (χ4v) is 5.92. The summed E-state index contributed by atoms with van der Waals surface area (Å²) in [5.74, 6) is -1.76. The molecule has 1 aromatic carbocycles. The number of anilines is 2. The second-order valence-electron chi connectivity index (χ2n) is 11.3. The third-order valence-corrected chi connectivity index (χ3v) is 8.74. The van der Waals surface area contributed by atoms with E-state index in [1.54, 1.807) is 21.9 Å². The van der Waals surface area contributed by atoms with Crippen LogP contribution in [0.5, 0.6) is 0 Å². The highest BCUT2D eigenvalue weighted by molar-refractivity contribution is 7.85. The first-order valence-corrected chi connectivity index (χ1v) is 16.6. The van der Waals surface area contributed by atoms with E-state index in [1.807, 2.05) is 12.1 Å². The van der Waals surface area contributed by atoms with Gasteiger partial charge in [0, 0.05) is 45.3 Å². The van der Waals surface area contributed by atoms with E-state index < -0.39 is 39.9 Å². The molecule has 0 aliphatic carbocycles. The van der Waals surface area contributed by atoms with E-state index in [0.717, 1.165) is 5.56 Å². The second kappa shape index (κ2) is 15.4. The van der Waals surface area contributed by atoms with Gasteiger partial charge in [-0.3, -0.25) is 9.35 Å².